The summed E-state index contributed by atoms with van der Waals surface area (Å²) in [7, 11) is 0. The van der Waals surface area contributed by atoms with E-state index in [9.17, 15) is 9.59 Å². The summed E-state index contributed by atoms with van der Waals surface area (Å²) in [5.74, 6) is 0.479. The van der Waals surface area contributed by atoms with E-state index in [1.807, 2.05) is 35.2 Å². The van der Waals surface area contributed by atoms with E-state index in [-0.39, 0.29) is 29.8 Å². The zero-order valence-corrected chi connectivity index (χ0v) is 15.8. The Bertz CT molecular complexity index is 611. The summed E-state index contributed by atoms with van der Waals surface area (Å²) in [6.45, 7) is 4.36. The lowest BCUT2D eigenvalue weighted by Crippen LogP contribution is -2.50. The number of benzene rings is 1. The highest BCUT2D eigenvalue weighted by Crippen LogP contribution is 2.28. The number of hydrogen-bond acceptors (Lipinski definition) is 3. The highest BCUT2D eigenvalue weighted by Gasteiger charge is 2.35. The molecule has 5 nitrogen and oxygen atoms in total. The number of likely N-dealkylation sites (tertiary alicyclic amines) is 1. The molecule has 26 heavy (non-hydrogen) atoms. The van der Waals surface area contributed by atoms with Crippen LogP contribution in [0.25, 0.3) is 0 Å². The third-order valence-electron chi connectivity index (χ3n) is 5.78. The van der Waals surface area contributed by atoms with E-state index in [0.717, 1.165) is 63.7 Å². The quantitative estimate of drug-likeness (QED) is 0.881. The molecule has 0 spiro atoms. The first-order valence-electron chi connectivity index (χ1n) is 10.0. The third kappa shape index (κ3) is 4.26. The second-order valence-corrected chi connectivity index (χ2v) is 7.69. The van der Waals surface area contributed by atoms with Crippen LogP contribution in [0.5, 0.6) is 0 Å². The topological polar surface area (TPSA) is 66.6 Å². The van der Waals surface area contributed by atoms with Crippen LogP contribution in [0.4, 0.5) is 0 Å². The Balaban J connectivity index is 1.59. The largest absolute Gasteiger partial charge is 0.339 e. The molecule has 0 aromatic heterocycles. The highest BCUT2D eigenvalue weighted by molar-refractivity contribution is 5.94. The van der Waals surface area contributed by atoms with Crippen molar-refractivity contribution in [3.63, 3.8) is 0 Å². The number of carbonyl (C=O) groups excluding carboxylic acids is 2. The van der Waals surface area contributed by atoms with E-state index in [4.69, 9.17) is 5.73 Å². The van der Waals surface area contributed by atoms with Gasteiger partial charge in [-0.3, -0.25) is 9.59 Å². The van der Waals surface area contributed by atoms with Crippen LogP contribution in [0, 0.1) is 5.92 Å². The monoisotopic (exact) mass is 357 g/mol. The molecule has 2 fully saturated rings. The normalized spacial score (nSPS) is 23.8. The Hall–Kier alpha value is -1.88. The van der Waals surface area contributed by atoms with E-state index in [0.29, 0.717) is 0 Å². The van der Waals surface area contributed by atoms with Gasteiger partial charge in [0.25, 0.3) is 5.91 Å². The van der Waals surface area contributed by atoms with Crippen LogP contribution >= 0.6 is 0 Å². The lowest BCUT2D eigenvalue weighted by atomic mass is 9.98. The van der Waals surface area contributed by atoms with Gasteiger partial charge in [-0.15, -0.1) is 0 Å². The van der Waals surface area contributed by atoms with Gasteiger partial charge in [-0.05, 0) is 50.7 Å². The summed E-state index contributed by atoms with van der Waals surface area (Å²) >= 11 is 0. The lowest BCUT2D eigenvalue weighted by Gasteiger charge is -2.39. The molecule has 1 saturated heterocycles. The van der Waals surface area contributed by atoms with Crippen molar-refractivity contribution in [1.29, 1.82) is 0 Å². The van der Waals surface area contributed by atoms with Crippen molar-refractivity contribution in [3.8, 4) is 0 Å². The average molecular weight is 357 g/mol. The molecular weight excluding hydrogens is 326 g/mol. The minimum Gasteiger partial charge on any atom is -0.339 e. The fourth-order valence-electron chi connectivity index (χ4n) is 4.33. The fraction of sp³-hybridized carbons (Fsp3) is 0.619. The number of nitrogens with zero attached hydrogens (tertiary/aromatic N) is 2. The van der Waals surface area contributed by atoms with E-state index in [2.05, 4.69) is 11.8 Å². The number of piperidine rings is 1. The van der Waals surface area contributed by atoms with Gasteiger partial charge in [-0.2, -0.15) is 0 Å². The Morgan fingerprint density at radius 2 is 1.81 bits per heavy atom. The molecule has 2 atom stereocenters. The maximum Gasteiger partial charge on any atom is 0.253 e. The Morgan fingerprint density at radius 1 is 1.12 bits per heavy atom. The Morgan fingerprint density at radius 3 is 2.38 bits per heavy atom. The second kappa shape index (κ2) is 8.67. The lowest BCUT2D eigenvalue weighted by molar-refractivity contribution is -0.138. The van der Waals surface area contributed by atoms with E-state index in [1.165, 1.54) is 0 Å². The highest BCUT2D eigenvalue weighted by atomic mass is 16.2. The van der Waals surface area contributed by atoms with Gasteiger partial charge in [0.15, 0.2) is 0 Å². The molecule has 2 amide bonds. The second-order valence-electron chi connectivity index (χ2n) is 7.69. The third-order valence-corrected chi connectivity index (χ3v) is 5.78. The van der Waals surface area contributed by atoms with Crippen molar-refractivity contribution < 1.29 is 9.59 Å². The predicted octanol–water partition coefficient (Wildman–Crippen LogP) is 2.66. The van der Waals surface area contributed by atoms with Gasteiger partial charge in [-0.1, -0.05) is 25.1 Å². The molecule has 1 aromatic carbocycles. The predicted molar refractivity (Wildman–Crippen MR) is 103 cm³/mol. The van der Waals surface area contributed by atoms with Crippen LogP contribution in [-0.4, -0.2) is 53.3 Å². The fourth-order valence-corrected chi connectivity index (χ4v) is 4.33. The summed E-state index contributed by atoms with van der Waals surface area (Å²) < 4.78 is 0. The molecule has 3 rings (SSSR count). The number of rotatable bonds is 5. The van der Waals surface area contributed by atoms with E-state index in [1.54, 1.807) is 0 Å². The van der Waals surface area contributed by atoms with E-state index < -0.39 is 0 Å². The molecule has 2 aliphatic rings. The maximum atomic E-state index is 13.0. The van der Waals surface area contributed by atoms with Crippen LogP contribution in [0.2, 0.25) is 0 Å². The molecule has 2 N–H and O–H groups in total. The summed E-state index contributed by atoms with van der Waals surface area (Å²) in [5, 5.41) is 0. The average Bonchev–Trinajstić information content (AvgIpc) is 3.12. The minimum absolute atomic E-state index is 0.0965. The van der Waals surface area contributed by atoms with Crippen LogP contribution in [-0.2, 0) is 4.79 Å². The van der Waals surface area contributed by atoms with Crippen molar-refractivity contribution in [3.05, 3.63) is 35.9 Å². The first-order chi connectivity index (χ1) is 12.6. The zero-order valence-electron chi connectivity index (χ0n) is 15.8. The summed E-state index contributed by atoms with van der Waals surface area (Å²) in [4.78, 5) is 29.6. The van der Waals surface area contributed by atoms with Crippen LogP contribution in [0.1, 0.15) is 55.8 Å². The summed E-state index contributed by atoms with van der Waals surface area (Å²) in [5.41, 5.74) is 6.75. The molecule has 1 heterocycles. The number of nitrogens with two attached hydrogens (primary N) is 1. The SMILES string of the molecule is CCCN(C(=O)C1CCC(N)C1)C1CCN(C(=O)c2ccccc2)CC1. The zero-order chi connectivity index (χ0) is 18.5. The molecule has 0 bridgehead atoms. The molecule has 142 valence electrons. The van der Waals surface area contributed by atoms with Gasteiger partial charge >= 0.3 is 0 Å². The van der Waals surface area contributed by atoms with Crippen LogP contribution < -0.4 is 5.73 Å². The van der Waals surface area contributed by atoms with Crippen molar-refractivity contribution in [2.45, 2.75) is 57.5 Å². The standard InChI is InChI=1S/C21H31N3O2/c1-2-12-24(21(26)17-8-9-18(22)15-17)19-10-13-23(14-11-19)20(25)16-6-4-3-5-7-16/h3-7,17-19H,2,8-15,22H2,1H3. The van der Waals surface area contributed by atoms with Crippen molar-refractivity contribution in [1.82, 2.24) is 9.80 Å². The van der Waals surface area contributed by atoms with Gasteiger partial charge in [0.1, 0.15) is 0 Å². The molecule has 5 heteroatoms. The molecule has 0 radical (unpaired) electrons. The summed E-state index contributed by atoms with van der Waals surface area (Å²) in [6, 6.07) is 9.88. The molecule has 1 aliphatic carbocycles. The Kier molecular flexibility index (Phi) is 6.30. The smallest absolute Gasteiger partial charge is 0.253 e. The summed E-state index contributed by atoms with van der Waals surface area (Å²) in [6.07, 6.45) is 5.40. The van der Waals surface area contributed by atoms with Gasteiger partial charge < -0.3 is 15.5 Å². The molecule has 1 aromatic rings. The molecule has 1 aliphatic heterocycles. The van der Waals surface area contributed by atoms with Gasteiger partial charge in [0, 0.05) is 43.2 Å². The Labute approximate surface area is 156 Å². The van der Waals surface area contributed by atoms with Crippen molar-refractivity contribution in [2.75, 3.05) is 19.6 Å². The number of amides is 2. The van der Waals surface area contributed by atoms with Gasteiger partial charge in [0.2, 0.25) is 5.91 Å². The molecule has 1 saturated carbocycles. The van der Waals surface area contributed by atoms with Crippen LogP contribution in [0.3, 0.4) is 0 Å². The minimum atomic E-state index is 0.0965. The first kappa shape index (κ1) is 18.9. The first-order valence-corrected chi connectivity index (χ1v) is 10.0. The van der Waals surface area contributed by atoms with E-state index >= 15 is 0 Å². The maximum absolute atomic E-state index is 13.0. The molecular formula is C21H31N3O2. The van der Waals surface area contributed by atoms with Crippen molar-refractivity contribution >= 4 is 11.8 Å². The number of carbonyl (C=O) groups is 2. The van der Waals surface area contributed by atoms with Gasteiger partial charge in [-0.25, -0.2) is 0 Å². The molecule has 2 unspecified atom stereocenters. The van der Waals surface area contributed by atoms with Crippen LogP contribution in [0.15, 0.2) is 30.3 Å². The number of hydrogen-bond donors (Lipinski definition) is 1. The van der Waals surface area contributed by atoms with Gasteiger partial charge in [0.05, 0.1) is 0 Å². The van der Waals surface area contributed by atoms with Crippen molar-refractivity contribution in [2.24, 2.45) is 11.7 Å².